The van der Waals surface area contributed by atoms with Gasteiger partial charge in [0.15, 0.2) is 0 Å². The summed E-state index contributed by atoms with van der Waals surface area (Å²) in [6.45, 7) is 8.08. The van der Waals surface area contributed by atoms with Gasteiger partial charge in [0.25, 0.3) is 0 Å². The minimum atomic E-state index is -0.275. The molecular weight excluding hydrogens is 334 g/mol. The second-order valence-electron chi connectivity index (χ2n) is 8.38. The zero-order valence-electron chi connectivity index (χ0n) is 18.9. The Morgan fingerprint density at radius 3 is 1.59 bits per heavy atom. The van der Waals surface area contributed by atoms with Crippen molar-refractivity contribution in [2.45, 2.75) is 116 Å². The van der Waals surface area contributed by atoms with Crippen LogP contribution in [0, 0.1) is 0 Å². The molecular formula is C24H47NO2. The number of nitrogens with zero attached hydrogens (tertiary/aromatic N) is 1. The lowest BCUT2D eigenvalue weighted by molar-refractivity contribution is -0.140. The summed E-state index contributed by atoms with van der Waals surface area (Å²) in [7, 11) is 4.12. The highest BCUT2D eigenvalue weighted by molar-refractivity contribution is 5.86. The largest absolute Gasteiger partial charge is 0.461 e. The van der Waals surface area contributed by atoms with E-state index in [1.54, 1.807) is 6.92 Å². The molecule has 0 bridgehead atoms. The maximum atomic E-state index is 11.5. The van der Waals surface area contributed by atoms with Crippen molar-refractivity contribution >= 4 is 5.97 Å². The van der Waals surface area contributed by atoms with E-state index in [1.807, 2.05) is 0 Å². The molecule has 0 saturated carbocycles. The van der Waals surface area contributed by atoms with Crippen LogP contribution >= 0.6 is 0 Å². The first-order chi connectivity index (χ1) is 13.0. The van der Waals surface area contributed by atoms with Crippen LogP contribution in [0.4, 0.5) is 0 Å². The molecule has 0 aromatic rings. The summed E-state index contributed by atoms with van der Waals surface area (Å²) >= 11 is 0. The van der Waals surface area contributed by atoms with Gasteiger partial charge in [0.05, 0.1) is 0 Å². The summed E-state index contributed by atoms with van der Waals surface area (Å²) in [5.41, 5.74) is 0.476. The van der Waals surface area contributed by atoms with Crippen molar-refractivity contribution in [1.29, 1.82) is 0 Å². The van der Waals surface area contributed by atoms with Crippen molar-refractivity contribution in [3.63, 3.8) is 0 Å². The number of hydrogen-bond donors (Lipinski definition) is 0. The number of unbranched alkanes of at least 4 members (excludes halogenated alkanes) is 13. The van der Waals surface area contributed by atoms with E-state index in [0.717, 1.165) is 6.42 Å². The lowest BCUT2D eigenvalue weighted by Crippen LogP contribution is -2.33. The van der Waals surface area contributed by atoms with Crippen LogP contribution in [0.15, 0.2) is 12.2 Å². The van der Waals surface area contributed by atoms with Gasteiger partial charge in [-0.05, 0) is 27.4 Å². The molecule has 0 aromatic heterocycles. The van der Waals surface area contributed by atoms with Gasteiger partial charge in [-0.1, -0.05) is 103 Å². The van der Waals surface area contributed by atoms with E-state index in [0.29, 0.717) is 18.2 Å². The Balaban J connectivity index is 3.47. The maximum absolute atomic E-state index is 11.5. The van der Waals surface area contributed by atoms with Gasteiger partial charge in [-0.2, -0.15) is 0 Å². The van der Waals surface area contributed by atoms with Crippen LogP contribution in [-0.2, 0) is 9.53 Å². The minimum Gasteiger partial charge on any atom is -0.461 e. The first-order valence-electron chi connectivity index (χ1n) is 11.5. The number of carbonyl (C=O) groups is 1. The zero-order chi connectivity index (χ0) is 20.3. The summed E-state index contributed by atoms with van der Waals surface area (Å²) in [5, 5.41) is 0. The summed E-state index contributed by atoms with van der Waals surface area (Å²) < 4.78 is 5.32. The van der Waals surface area contributed by atoms with Crippen LogP contribution in [0.3, 0.4) is 0 Å². The molecule has 0 spiro atoms. The molecule has 0 aromatic carbocycles. The number of ether oxygens (including phenoxy) is 1. The van der Waals surface area contributed by atoms with E-state index in [1.165, 1.54) is 89.9 Å². The average molecular weight is 382 g/mol. The Hall–Kier alpha value is -0.830. The summed E-state index contributed by atoms with van der Waals surface area (Å²) in [5.74, 6) is -0.275. The monoisotopic (exact) mass is 381 g/mol. The van der Waals surface area contributed by atoms with Gasteiger partial charge in [-0.15, -0.1) is 0 Å². The minimum absolute atomic E-state index is 0.275. The van der Waals surface area contributed by atoms with Crippen molar-refractivity contribution in [3.8, 4) is 0 Å². The predicted octanol–water partition coefficient (Wildman–Crippen LogP) is 6.91. The predicted molar refractivity (Wildman–Crippen MR) is 118 cm³/mol. The van der Waals surface area contributed by atoms with Crippen molar-refractivity contribution in [2.75, 3.05) is 20.7 Å². The third-order valence-electron chi connectivity index (χ3n) is 5.38. The highest BCUT2D eigenvalue weighted by Crippen LogP contribution is 2.14. The van der Waals surface area contributed by atoms with Crippen molar-refractivity contribution < 1.29 is 9.53 Å². The Kier molecular flexibility index (Phi) is 18.0. The number of rotatable bonds is 19. The van der Waals surface area contributed by atoms with E-state index in [4.69, 9.17) is 4.74 Å². The molecule has 0 aliphatic rings. The second-order valence-corrected chi connectivity index (χ2v) is 8.38. The number of hydrogen-bond acceptors (Lipinski definition) is 3. The normalized spacial score (nSPS) is 12.3. The number of likely N-dealkylation sites (N-methyl/N-ethyl adjacent to an activating group) is 1. The smallest absolute Gasteiger partial charge is 0.333 e. The van der Waals surface area contributed by atoms with E-state index in [-0.39, 0.29) is 5.97 Å². The van der Waals surface area contributed by atoms with E-state index >= 15 is 0 Å². The average Bonchev–Trinajstić information content (AvgIpc) is 2.63. The van der Waals surface area contributed by atoms with Gasteiger partial charge >= 0.3 is 5.97 Å². The molecule has 0 rings (SSSR count). The van der Waals surface area contributed by atoms with Crippen LogP contribution in [-0.4, -0.2) is 37.6 Å². The first-order valence-corrected chi connectivity index (χ1v) is 11.5. The molecule has 1 atom stereocenters. The molecule has 0 saturated heterocycles. The fourth-order valence-electron chi connectivity index (χ4n) is 3.36. The van der Waals surface area contributed by atoms with E-state index < -0.39 is 0 Å². The maximum Gasteiger partial charge on any atom is 0.333 e. The Bertz CT molecular complexity index is 365. The fourth-order valence-corrected chi connectivity index (χ4v) is 3.36. The standard InChI is InChI=1S/C24H47NO2/c1-6-7-8-9-10-11-12-13-14-15-16-17-18-19-20-23(25(4)5)21-27-24(26)22(2)3/h23H,2,6-21H2,1,3-5H3. The molecule has 1 unspecified atom stereocenters. The topological polar surface area (TPSA) is 29.5 Å². The highest BCUT2D eigenvalue weighted by Gasteiger charge is 2.14. The molecule has 0 N–H and O–H groups in total. The van der Waals surface area contributed by atoms with Gasteiger partial charge in [0, 0.05) is 11.6 Å². The van der Waals surface area contributed by atoms with Crippen LogP contribution < -0.4 is 0 Å². The Labute approximate surface area is 169 Å². The summed E-state index contributed by atoms with van der Waals surface area (Å²) in [6, 6.07) is 0.311. The number of carbonyl (C=O) groups excluding carboxylic acids is 1. The lowest BCUT2D eigenvalue weighted by atomic mass is 10.0. The Morgan fingerprint density at radius 1 is 0.815 bits per heavy atom. The van der Waals surface area contributed by atoms with Crippen LogP contribution in [0.2, 0.25) is 0 Å². The number of esters is 1. The van der Waals surface area contributed by atoms with E-state index in [2.05, 4.69) is 32.5 Å². The van der Waals surface area contributed by atoms with Crippen molar-refractivity contribution in [2.24, 2.45) is 0 Å². The molecule has 0 heterocycles. The molecule has 3 heteroatoms. The molecule has 160 valence electrons. The van der Waals surface area contributed by atoms with Crippen LogP contribution in [0.5, 0.6) is 0 Å². The van der Waals surface area contributed by atoms with Gasteiger partial charge in [-0.3, -0.25) is 0 Å². The van der Waals surface area contributed by atoms with Gasteiger partial charge < -0.3 is 9.64 Å². The molecule has 0 amide bonds. The van der Waals surface area contributed by atoms with Crippen molar-refractivity contribution in [1.82, 2.24) is 4.90 Å². The summed E-state index contributed by atoms with van der Waals surface area (Å²) in [4.78, 5) is 13.7. The SMILES string of the molecule is C=C(C)C(=O)OCC(CCCCCCCCCCCCCCCC)N(C)C. The second kappa shape index (κ2) is 18.5. The first kappa shape index (κ1) is 26.2. The van der Waals surface area contributed by atoms with Crippen molar-refractivity contribution in [3.05, 3.63) is 12.2 Å². The summed E-state index contributed by atoms with van der Waals surface area (Å²) in [6.07, 6.45) is 20.5. The molecule has 0 aliphatic carbocycles. The fraction of sp³-hybridized carbons (Fsp3) is 0.875. The van der Waals surface area contributed by atoms with Gasteiger partial charge in [-0.25, -0.2) is 4.79 Å². The van der Waals surface area contributed by atoms with Crippen LogP contribution in [0.25, 0.3) is 0 Å². The third-order valence-corrected chi connectivity index (χ3v) is 5.38. The van der Waals surface area contributed by atoms with Crippen LogP contribution in [0.1, 0.15) is 110 Å². The quantitative estimate of drug-likeness (QED) is 0.138. The molecule has 0 aliphatic heterocycles. The molecule has 27 heavy (non-hydrogen) atoms. The molecule has 0 fully saturated rings. The van der Waals surface area contributed by atoms with Gasteiger partial charge in [0.1, 0.15) is 6.61 Å². The Morgan fingerprint density at radius 2 is 1.22 bits per heavy atom. The van der Waals surface area contributed by atoms with Gasteiger partial charge in [0.2, 0.25) is 0 Å². The lowest BCUT2D eigenvalue weighted by Gasteiger charge is -2.24. The molecule has 3 nitrogen and oxygen atoms in total. The zero-order valence-corrected chi connectivity index (χ0v) is 18.9. The third kappa shape index (κ3) is 17.0. The highest BCUT2D eigenvalue weighted by atomic mass is 16.5. The molecule has 0 radical (unpaired) electrons. The van der Waals surface area contributed by atoms with E-state index in [9.17, 15) is 4.79 Å².